The molecule has 0 saturated carbocycles. The van der Waals surface area contributed by atoms with E-state index in [1.807, 2.05) is 59.8 Å². The number of nitrogens with zero attached hydrogens (tertiary/aromatic N) is 3. The number of hydrogen-bond donors (Lipinski definition) is 1. The first-order chi connectivity index (χ1) is 16.1. The molecule has 1 aliphatic heterocycles. The number of aromatic nitrogens is 2. The molecule has 1 unspecified atom stereocenters. The molecule has 0 radical (unpaired) electrons. The molecule has 5 rings (SSSR count). The van der Waals surface area contributed by atoms with Crippen LogP contribution in [0.15, 0.2) is 73.1 Å². The lowest BCUT2D eigenvalue weighted by atomic mass is 10.0. The van der Waals surface area contributed by atoms with Gasteiger partial charge in [0.15, 0.2) is 0 Å². The summed E-state index contributed by atoms with van der Waals surface area (Å²) < 4.78 is 14.2. The van der Waals surface area contributed by atoms with Crippen LogP contribution in [-0.2, 0) is 11.0 Å². The van der Waals surface area contributed by atoms with E-state index in [1.165, 1.54) is 0 Å². The molecule has 2 aromatic heterocycles. The molecule has 1 N–H and O–H groups in total. The molecule has 1 atom stereocenters. The quantitative estimate of drug-likeness (QED) is 0.462. The second kappa shape index (κ2) is 9.11. The van der Waals surface area contributed by atoms with Crippen LogP contribution in [-0.4, -0.2) is 32.4 Å². The molecule has 1 aliphatic rings. The standard InChI is InChI=1S/C26H24N4O2S/c1-18-6-9-20(17-23(18)25-22-5-4-13-27-24(22)12-14-28-25)29-26(31)19-7-10-21(11-8-19)30-15-2-3-16-33(30)32/h4-14,17H,2-3,15-16H2,1H3,(H,29,31). The van der Waals surface area contributed by atoms with Crippen molar-refractivity contribution in [2.24, 2.45) is 0 Å². The number of carbonyl (C=O) groups excluding carboxylic acids is 1. The molecule has 3 heterocycles. The largest absolute Gasteiger partial charge is 0.322 e. The second-order valence-electron chi connectivity index (χ2n) is 8.10. The fraction of sp³-hybridized carbons (Fsp3) is 0.192. The zero-order chi connectivity index (χ0) is 22.8. The Hall–Kier alpha value is -3.58. The van der Waals surface area contributed by atoms with Crippen LogP contribution in [0.3, 0.4) is 0 Å². The highest BCUT2D eigenvalue weighted by Gasteiger charge is 2.19. The van der Waals surface area contributed by atoms with Gasteiger partial charge in [0, 0.05) is 52.6 Å². The van der Waals surface area contributed by atoms with Gasteiger partial charge in [-0.25, -0.2) is 4.21 Å². The van der Waals surface area contributed by atoms with Crippen molar-refractivity contribution in [3.05, 3.63) is 84.2 Å². The number of carbonyl (C=O) groups is 1. The SMILES string of the molecule is Cc1ccc(NC(=O)c2ccc(N3CCCCS3=O)cc2)cc1-c1nccc2ncccc12. The Morgan fingerprint density at radius 2 is 1.85 bits per heavy atom. The minimum absolute atomic E-state index is 0.191. The molecular weight excluding hydrogens is 432 g/mol. The maximum Gasteiger partial charge on any atom is 0.255 e. The first-order valence-electron chi connectivity index (χ1n) is 11.0. The molecule has 0 spiro atoms. The Bertz CT molecular complexity index is 1350. The molecular formula is C26H24N4O2S. The summed E-state index contributed by atoms with van der Waals surface area (Å²) in [5, 5.41) is 3.97. The molecule has 1 amide bonds. The Labute approximate surface area is 195 Å². The van der Waals surface area contributed by atoms with Crippen molar-refractivity contribution in [2.75, 3.05) is 21.9 Å². The molecule has 0 aliphatic carbocycles. The number of benzene rings is 2. The number of fused-ring (bicyclic) bond motifs is 1. The van der Waals surface area contributed by atoms with Crippen LogP contribution in [0.25, 0.3) is 22.2 Å². The second-order valence-corrected chi connectivity index (χ2v) is 9.59. The highest BCUT2D eigenvalue weighted by Crippen LogP contribution is 2.30. The summed E-state index contributed by atoms with van der Waals surface area (Å²) in [6.45, 7) is 2.81. The summed E-state index contributed by atoms with van der Waals surface area (Å²) in [6, 6.07) is 18.9. The number of anilines is 2. The topological polar surface area (TPSA) is 75.2 Å². The van der Waals surface area contributed by atoms with Crippen LogP contribution in [0.2, 0.25) is 0 Å². The van der Waals surface area contributed by atoms with Crippen LogP contribution in [0.4, 0.5) is 11.4 Å². The van der Waals surface area contributed by atoms with E-state index >= 15 is 0 Å². The Balaban J connectivity index is 1.39. The van der Waals surface area contributed by atoms with E-state index in [2.05, 4.69) is 15.3 Å². The van der Waals surface area contributed by atoms with E-state index in [4.69, 9.17) is 0 Å². The van der Waals surface area contributed by atoms with E-state index < -0.39 is 11.0 Å². The van der Waals surface area contributed by atoms with Gasteiger partial charge in [0.25, 0.3) is 5.91 Å². The molecule has 2 aromatic carbocycles. The maximum atomic E-state index is 12.9. The summed E-state index contributed by atoms with van der Waals surface area (Å²) in [5.74, 6) is 0.503. The van der Waals surface area contributed by atoms with E-state index in [-0.39, 0.29) is 5.91 Å². The van der Waals surface area contributed by atoms with E-state index in [1.54, 1.807) is 24.5 Å². The summed E-state index contributed by atoms with van der Waals surface area (Å²) in [5.41, 5.74) is 5.88. The summed E-state index contributed by atoms with van der Waals surface area (Å²) in [4.78, 5) is 21.9. The minimum Gasteiger partial charge on any atom is -0.322 e. The third-order valence-electron chi connectivity index (χ3n) is 5.87. The normalized spacial score (nSPS) is 16.0. The number of hydrogen-bond acceptors (Lipinski definition) is 4. The van der Waals surface area contributed by atoms with E-state index in [0.29, 0.717) is 17.0 Å². The number of nitrogens with one attached hydrogen (secondary N) is 1. The van der Waals surface area contributed by atoms with Crippen molar-refractivity contribution in [1.82, 2.24) is 9.97 Å². The van der Waals surface area contributed by atoms with Gasteiger partial charge in [-0.1, -0.05) is 6.07 Å². The number of aryl methyl sites for hydroxylation is 1. The predicted octanol–water partition coefficient (Wildman–Crippen LogP) is 5.12. The molecule has 0 bridgehead atoms. The summed E-state index contributed by atoms with van der Waals surface area (Å²) >= 11 is 0. The van der Waals surface area contributed by atoms with Gasteiger partial charge < -0.3 is 5.32 Å². The van der Waals surface area contributed by atoms with Crippen LogP contribution in [0, 0.1) is 6.92 Å². The third-order valence-corrected chi connectivity index (χ3v) is 7.40. The molecule has 6 nitrogen and oxygen atoms in total. The van der Waals surface area contributed by atoms with Gasteiger partial charge in [0.05, 0.1) is 11.2 Å². The van der Waals surface area contributed by atoms with Crippen molar-refractivity contribution in [2.45, 2.75) is 19.8 Å². The highest BCUT2D eigenvalue weighted by atomic mass is 32.2. The van der Waals surface area contributed by atoms with Gasteiger partial charge in [-0.15, -0.1) is 0 Å². The average molecular weight is 457 g/mol. The number of pyridine rings is 2. The lowest BCUT2D eigenvalue weighted by Gasteiger charge is -2.27. The first-order valence-corrected chi connectivity index (χ1v) is 12.3. The van der Waals surface area contributed by atoms with Crippen molar-refractivity contribution in [3.8, 4) is 11.3 Å². The molecule has 7 heteroatoms. The number of amides is 1. The molecule has 1 saturated heterocycles. The van der Waals surface area contributed by atoms with Crippen LogP contribution < -0.4 is 9.62 Å². The van der Waals surface area contributed by atoms with Gasteiger partial charge in [0.1, 0.15) is 11.0 Å². The van der Waals surface area contributed by atoms with Gasteiger partial charge in [-0.05, 0) is 79.9 Å². The molecule has 33 heavy (non-hydrogen) atoms. The van der Waals surface area contributed by atoms with Crippen LogP contribution >= 0.6 is 0 Å². The summed E-state index contributed by atoms with van der Waals surface area (Å²) in [6.07, 6.45) is 5.55. The van der Waals surface area contributed by atoms with Gasteiger partial charge >= 0.3 is 0 Å². The zero-order valence-corrected chi connectivity index (χ0v) is 19.1. The smallest absolute Gasteiger partial charge is 0.255 e. The van der Waals surface area contributed by atoms with Gasteiger partial charge in [-0.3, -0.25) is 19.1 Å². The van der Waals surface area contributed by atoms with Gasteiger partial charge in [0.2, 0.25) is 0 Å². The third kappa shape index (κ3) is 4.36. The summed E-state index contributed by atoms with van der Waals surface area (Å²) in [7, 11) is -0.989. The highest BCUT2D eigenvalue weighted by molar-refractivity contribution is 7.86. The molecule has 4 aromatic rings. The Morgan fingerprint density at radius 3 is 2.67 bits per heavy atom. The fourth-order valence-corrected chi connectivity index (χ4v) is 5.46. The maximum absolute atomic E-state index is 12.9. The number of rotatable bonds is 4. The van der Waals surface area contributed by atoms with Crippen molar-refractivity contribution in [1.29, 1.82) is 0 Å². The average Bonchev–Trinajstić information content (AvgIpc) is 2.85. The van der Waals surface area contributed by atoms with Crippen LogP contribution in [0.5, 0.6) is 0 Å². The zero-order valence-electron chi connectivity index (χ0n) is 18.3. The lowest BCUT2D eigenvalue weighted by molar-refractivity contribution is 0.102. The van der Waals surface area contributed by atoms with Crippen molar-refractivity contribution < 1.29 is 9.00 Å². The molecule has 1 fully saturated rings. The van der Waals surface area contributed by atoms with Crippen LogP contribution in [0.1, 0.15) is 28.8 Å². The van der Waals surface area contributed by atoms with Gasteiger partial charge in [-0.2, -0.15) is 0 Å². The monoisotopic (exact) mass is 456 g/mol. The van der Waals surface area contributed by atoms with Crippen molar-refractivity contribution in [3.63, 3.8) is 0 Å². The predicted molar refractivity (Wildman–Crippen MR) is 134 cm³/mol. The molecule has 166 valence electrons. The first kappa shape index (κ1) is 21.3. The van der Waals surface area contributed by atoms with E-state index in [9.17, 15) is 9.00 Å². The van der Waals surface area contributed by atoms with E-state index in [0.717, 1.165) is 52.8 Å². The Morgan fingerprint density at radius 1 is 1.00 bits per heavy atom. The lowest BCUT2D eigenvalue weighted by Crippen LogP contribution is -2.32. The van der Waals surface area contributed by atoms with Crippen molar-refractivity contribution >= 4 is 39.2 Å². The Kier molecular flexibility index (Phi) is 5.88. The minimum atomic E-state index is -0.989. The fourth-order valence-electron chi connectivity index (χ4n) is 4.09.